The highest BCUT2D eigenvalue weighted by Gasteiger charge is 2.11. The lowest BCUT2D eigenvalue weighted by atomic mass is 10.2. The number of aliphatic hydroxyl groups excluding tert-OH is 1. The first kappa shape index (κ1) is 17.4. The number of rotatable bonds is 1. The van der Waals surface area contributed by atoms with Gasteiger partial charge < -0.3 is 5.11 Å². The Bertz CT molecular complexity index is 1180. The first-order valence-corrected chi connectivity index (χ1v) is 9.23. The third-order valence-electron chi connectivity index (χ3n) is 4.18. The van der Waals surface area contributed by atoms with Crippen LogP contribution in [0, 0.1) is 0 Å². The molecule has 142 valence electrons. The van der Waals surface area contributed by atoms with Crippen LogP contribution < -0.4 is 0 Å². The molecule has 1 N–H and O–H groups in total. The molecule has 1 atom stereocenters. The number of nitrogens with zero attached hydrogens (tertiary/aromatic N) is 4. The minimum atomic E-state index is -0.352. The summed E-state index contributed by atoms with van der Waals surface area (Å²) in [4.78, 5) is 18.2. The summed E-state index contributed by atoms with van der Waals surface area (Å²) in [6.07, 6.45) is 22.1. The zero-order valence-corrected chi connectivity index (χ0v) is 15.9. The van der Waals surface area contributed by atoms with E-state index >= 15 is 0 Å². The van der Waals surface area contributed by atoms with Crippen molar-refractivity contribution in [1.29, 1.82) is 0 Å². The Balaban J connectivity index is 0.000000393. The minimum Gasteiger partial charge on any atom is -0.389 e. The van der Waals surface area contributed by atoms with Gasteiger partial charge in [-0.3, -0.25) is 0 Å². The molecule has 5 heteroatoms. The summed E-state index contributed by atoms with van der Waals surface area (Å²) in [5, 5.41) is 8.24. The Morgan fingerprint density at radius 2 is 1.07 bits per heavy atom. The molecular formula is C24H20N4O. The zero-order valence-electron chi connectivity index (χ0n) is 16.9. The quantitative estimate of drug-likeness (QED) is 0.682. The lowest BCUT2D eigenvalue weighted by Gasteiger charge is -1.94. The fraction of sp³-hybridized carbons (Fsp3) is 0.0833. The topological polar surface area (TPSA) is 69.7 Å². The predicted octanol–water partition coefficient (Wildman–Crippen LogP) is 4.13. The zero-order chi connectivity index (χ0) is 21.1. The molecule has 0 amide bonds. The van der Waals surface area contributed by atoms with Crippen molar-refractivity contribution in [2.24, 2.45) is 20.0 Å². The normalized spacial score (nSPS) is 22.0. The number of allylic oxidation sites excluding steroid dienone is 12. The van der Waals surface area contributed by atoms with E-state index in [0.29, 0.717) is 11.8 Å². The number of fused-ring (bicyclic) bond motifs is 4. The maximum absolute atomic E-state index is 8.24. The van der Waals surface area contributed by atoms with Gasteiger partial charge in [-0.25, -0.2) is 20.0 Å². The fourth-order valence-electron chi connectivity index (χ4n) is 2.76. The highest BCUT2D eigenvalue weighted by molar-refractivity contribution is 6.14. The van der Waals surface area contributed by atoms with Gasteiger partial charge in [0.2, 0.25) is 0 Å². The lowest BCUT2D eigenvalue weighted by molar-refractivity contribution is 0.244. The fourth-order valence-corrected chi connectivity index (χ4v) is 2.76. The van der Waals surface area contributed by atoms with Gasteiger partial charge in [-0.1, -0.05) is 6.08 Å². The molecule has 0 aromatic heterocycles. The molecule has 5 aliphatic heterocycles. The van der Waals surface area contributed by atoms with Gasteiger partial charge in [-0.05, 0) is 79.8 Å². The highest BCUT2D eigenvalue weighted by atomic mass is 16.3. The van der Waals surface area contributed by atoms with Gasteiger partial charge >= 0.3 is 0 Å². The number of aliphatic imine (C=N–C) groups is 4. The number of aliphatic hydroxyl groups is 1. The molecule has 0 spiro atoms. The molecule has 1 unspecified atom stereocenters. The smallest absolute Gasteiger partial charge is 0.0690 e. The van der Waals surface area contributed by atoms with E-state index < -0.39 is 0 Å². The molecule has 5 heterocycles. The van der Waals surface area contributed by atoms with Gasteiger partial charge in [0.1, 0.15) is 0 Å². The Morgan fingerprint density at radius 3 is 1.48 bits per heavy atom. The van der Waals surface area contributed by atoms with Gasteiger partial charge in [0.05, 0.1) is 53.1 Å². The van der Waals surface area contributed by atoms with E-state index in [1.165, 1.54) is 6.08 Å². The maximum atomic E-state index is 8.24. The first-order valence-electron chi connectivity index (χ1n) is 9.73. The molecule has 5 aliphatic rings. The van der Waals surface area contributed by atoms with Crippen LogP contribution >= 0.6 is 0 Å². The van der Waals surface area contributed by atoms with Crippen LogP contribution in [0.5, 0.6) is 0 Å². The third kappa shape index (κ3) is 4.78. The average Bonchev–Trinajstić information content (AvgIpc) is 3.48. The summed E-state index contributed by atoms with van der Waals surface area (Å²) in [7, 11) is 0. The van der Waals surface area contributed by atoms with Gasteiger partial charge in [-0.15, -0.1) is 6.58 Å². The summed E-state index contributed by atoms with van der Waals surface area (Å²) >= 11 is 0. The summed E-state index contributed by atoms with van der Waals surface area (Å²) in [5.74, 6) is 0. The third-order valence-corrected chi connectivity index (χ3v) is 4.18. The predicted molar refractivity (Wildman–Crippen MR) is 121 cm³/mol. The second-order valence-corrected chi connectivity index (χ2v) is 6.65. The molecule has 5 nitrogen and oxygen atoms in total. The van der Waals surface area contributed by atoms with Crippen LogP contribution in [0.15, 0.2) is 128 Å². The van der Waals surface area contributed by atoms with E-state index in [1.54, 1.807) is 13.0 Å². The number of hydrogen-bond acceptors (Lipinski definition) is 5. The second kappa shape index (κ2) is 8.12. The van der Waals surface area contributed by atoms with E-state index in [2.05, 4.69) is 26.5 Å². The Kier molecular flexibility index (Phi) is 4.87. The van der Waals surface area contributed by atoms with Crippen LogP contribution in [-0.4, -0.2) is 34.1 Å². The standard InChI is InChI=1S/C20H12N4.C4H8O/c1-2-14-10-16-5-6-18(23-16)12-20-8-7-19(24-20)11-17-4-3-15(22-17)9-13(1)21-14;1-3-4(2)5/h1-12H;3-5H,1H2,2H3/i1D;. The highest BCUT2D eigenvalue weighted by Crippen LogP contribution is 2.20. The minimum absolute atomic E-state index is 0.352. The summed E-state index contributed by atoms with van der Waals surface area (Å²) < 4.78 is 8.11. The van der Waals surface area contributed by atoms with Crippen molar-refractivity contribution in [1.82, 2.24) is 0 Å². The molecule has 0 aromatic carbocycles. The van der Waals surface area contributed by atoms with E-state index in [4.69, 9.17) is 6.48 Å². The van der Waals surface area contributed by atoms with E-state index in [0.717, 1.165) is 39.9 Å². The van der Waals surface area contributed by atoms with Crippen molar-refractivity contribution >= 4 is 22.8 Å². The Labute approximate surface area is 171 Å². The molecule has 0 saturated carbocycles. The molecular weight excluding hydrogens is 360 g/mol. The van der Waals surface area contributed by atoms with Crippen molar-refractivity contribution in [3.05, 3.63) is 108 Å². The lowest BCUT2D eigenvalue weighted by Crippen LogP contribution is -1.89. The van der Waals surface area contributed by atoms with Crippen LogP contribution in [0.4, 0.5) is 0 Å². The Morgan fingerprint density at radius 1 is 0.724 bits per heavy atom. The summed E-state index contributed by atoms with van der Waals surface area (Å²) in [6.45, 7) is 4.97. The molecule has 29 heavy (non-hydrogen) atoms. The molecule has 8 bridgehead atoms. The van der Waals surface area contributed by atoms with Gasteiger partial charge in [0, 0.05) is 0 Å². The number of hydrogen-bond donors (Lipinski definition) is 1. The van der Waals surface area contributed by atoms with Gasteiger partial charge in [-0.2, -0.15) is 0 Å². The van der Waals surface area contributed by atoms with Crippen molar-refractivity contribution in [3.63, 3.8) is 0 Å². The largest absolute Gasteiger partial charge is 0.389 e. The average molecular weight is 381 g/mol. The van der Waals surface area contributed by atoms with Gasteiger partial charge in [0.15, 0.2) is 0 Å². The maximum Gasteiger partial charge on any atom is 0.0690 e. The monoisotopic (exact) mass is 381 g/mol. The van der Waals surface area contributed by atoms with E-state index in [-0.39, 0.29) is 6.10 Å². The van der Waals surface area contributed by atoms with Crippen LogP contribution in [-0.2, 0) is 0 Å². The van der Waals surface area contributed by atoms with Crippen molar-refractivity contribution in [2.75, 3.05) is 0 Å². The van der Waals surface area contributed by atoms with E-state index in [1.807, 2.05) is 60.8 Å². The van der Waals surface area contributed by atoms with Crippen LogP contribution in [0.3, 0.4) is 0 Å². The summed E-state index contributed by atoms with van der Waals surface area (Å²) in [5.41, 5.74) is 6.33. The van der Waals surface area contributed by atoms with Crippen molar-refractivity contribution in [2.45, 2.75) is 13.0 Å². The Hall–Kier alpha value is -3.70. The van der Waals surface area contributed by atoms with E-state index in [9.17, 15) is 0 Å². The van der Waals surface area contributed by atoms with Crippen molar-refractivity contribution in [3.8, 4) is 0 Å². The second-order valence-electron chi connectivity index (χ2n) is 6.65. The first-order chi connectivity index (χ1) is 14.5. The summed E-state index contributed by atoms with van der Waals surface area (Å²) in [6, 6.07) is 0.379. The van der Waals surface area contributed by atoms with Crippen LogP contribution in [0.2, 0.25) is 0 Å². The SMILES string of the molecule is C=CC(C)O.[2H]C1=CC2=CC3=NC(=CC4=NC(=CC5=NC(=CC1=N2)C=C5)C=C4)C=C3. The van der Waals surface area contributed by atoms with Crippen LogP contribution in [0.25, 0.3) is 0 Å². The molecule has 5 rings (SSSR count). The molecule has 0 radical (unpaired) electrons. The van der Waals surface area contributed by atoms with Gasteiger partial charge in [0.25, 0.3) is 0 Å². The molecule has 0 aromatic rings. The van der Waals surface area contributed by atoms with Crippen molar-refractivity contribution < 1.29 is 6.48 Å². The molecule has 0 aliphatic carbocycles. The molecule has 0 saturated heterocycles. The molecule has 0 fully saturated rings. The van der Waals surface area contributed by atoms with Crippen LogP contribution in [0.1, 0.15) is 8.29 Å².